The van der Waals surface area contributed by atoms with Crippen molar-refractivity contribution >= 4 is 17.6 Å². The number of aromatic nitrogens is 1. The predicted octanol–water partition coefficient (Wildman–Crippen LogP) is 5.48. The lowest BCUT2D eigenvalue weighted by Crippen LogP contribution is -2.46. The minimum Gasteiger partial charge on any atom is -0.430 e. The number of benzene rings is 3. The van der Waals surface area contributed by atoms with Crippen LogP contribution in [0.25, 0.3) is 0 Å². The molecular weight excluding hydrogens is 410 g/mol. The minimum absolute atomic E-state index is 0.345. The summed E-state index contributed by atoms with van der Waals surface area (Å²) < 4.78 is 6.37. The SMILES string of the molecule is Cc1cc(N2C(=O)OC(c3ccccc3)(c3ccccc3)[C@@H]2Cc2ccccc2)cnc1N. The molecule has 0 bridgehead atoms. The van der Waals surface area contributed by atoms with Crippen LogP contribution in [-0.4, -0.2) is 17.1 Å². The van der Waals surface area contributed by atoms with Crippen LogP contribution in [0.3, 0.4) is 0 Å². The highest BCUT2D eigenvalue weighted by Gasteiger charge is 2.56. The maximum absolute atomic E-state index is 13.6. The molecule has 3 aromatic carbocycles. The van der Waals surface area contributed by atoms with Gasteiger partial charge in [-0.1, -0.05) is 91.0 Å². The predicted molar refractivity (Wildman–Crippen MR) is 130 cm³/mol. The number of hydrogen-bond acceptors (Lipinski definition) is 4. The topological polar surface area (TPSA) is 68.5 Å². The highest BCUT2D eigenvalue weighted by molar-refractivity contribution is 5.92. The van der Waals surface area contributed by atoms with Gasteiger partial charge in [-0.25, -0.2) is 9.78 Å². The Morgan fingerprint density at radius 3 is 2.00 bits per heavy atom. The Labute approximate surface area is 193 Å². The molecule has 0 unspecified atom stereocenters. The zero-order valence-electron chi connectivity index (χ0n) is 18.4. The summed E-state index contributed by atoms with van der Waals surface area (Å²) in [6.45, 7) is 1.89. The first-order valence-corrected chi connectivity index (χ1v) is 11.0. The van der Waals surface area contributed by atoms with Gasteiger partial charge in [0.25, 0.3) is 0 Å². The number of aryl methyl sites for hydroxylation is 1. The Hall–Kier alpha value is -4.12. The zero-order valence-corrected chi connectivity index (χ0v) is 18.4. The number of anilines is 2. The van der Waals surface area contributed by atoms with E-state index in [9.17, 15) is 4.79 Å². The van der Waals surface area contributed by atoms with E-state index in [4.69, 9.17) is 10.5 Å². The number of nitrogens with zero attached hydrogens (tertiary/aromatic N) is 2. The molecule has 5 nitrogen and oxygen atoms in total. The lowest BCUT2D eigenvalue weighted by atomic mass is 9.77. The van der Waals surface area contributed by atoms with Crippen LogP contribution in [-0.2, 0) is 16.8 Å². The van der Waals surface area contributed by atoms with Crippen LogP contribution in [0.4, 0.5) is 16.3 Å². The Morgan fingerprint density at radius 2 is 1.45 bits per heavy atom. The molecular formula is C28H25N3O2. The lowest BCUT2D eigenvalue weighted by Gasteiger charge is -2.36. The third-order valence-electron chi connectivity index (χ3n) is 6.29. The fourth-order valence-corrected chi connectivity index (χ4v) is 4.66. The van der Waals surface area contributed by atoms with Gasteiger partial charge < -0.3 is 10.5 Å². The molecule has 2 N–H and O–H groups in total. The van der Waals surface area contributed by atoms with E-state index in [0.29, 0.717) is 17.9 Å². The fraction of sp³-hybridized carbons (Fsp3) is 0.143. The van der Waals surface area contributed by atoms with Crippen molar-refractivity contribution in [2.24, 2.45) is 0 Å². The van der Waals surface area contributed by atoms with Gasteiger partial charge in [-0.15, -0.1) is 0 Å². The van der Waals surface area contributed by atoms with Crippen LogP contribution < -0.4 is 10.6 Å². The van der Waals surface area contributed by atoms with Crippen molar-refractivity contribution in [3.8, 4) is 0 Å². The van der Waals surface area contributed by atoms with Crippen molar-refractivity contribution in [2.75, 3.05) is 10.6 Å². The summed E-state index contributed by atoms with van der Waals surface area (Å²) in [6, 6.07) is 31.7. The van der Waals surface area contributed by atoms with Crippen LogP contribution in [0.15, 0.2) is 103 Å². The second kappa shape index (κ2) is 8.43. The van der Waals surface area contributed by atoms with Crippen LogP contribution in [0.5, 0.6) is 0 Å². The first kappa shape index (κ1) is 20.8. The fourth-order valence-electron chi connectivity index (χ4n) is 4.66. The summed E-state index contributed by atoms with van der Waals surface area (Å²) >= 11 is 0. The van der Waals surface area contributed by atoms with Crippen molar-refractivity contribution in [1.82, 2.24) is 4.98 Å². The van der Waals surface area contributed by atoms with Crippen molar-refractivity contribution < 1.29 is 9.53 Å². The van der Waals surface area contributed by atoms with E-state index in [1.165, 1.54) is 0 Å². The summed E-state index contributed by atoms with van der Waals surface area (Å²) in [6.07, 6.45) is 1.84. The average molecular weight is 436 g/mol. The van der Waals surface area contributed by atoms with E-state index >= 15 is 0 Å². The van der Waals surface area contributed by atoms with Gasteiger partial charge in [0.15, 0.2) is 5.60 Å². The number of amides is 1. The van der Waals surface area contributed by atoms with E-state index < -0.39 is 11.7 Å². The van der Waals surface area contributed by atoms with Crippen LogP contribution in [0.1, 0.15) is 22.3 Å². The summed E-state index contributed by atoms with van der Waals surface area (Å²) in [5.74, 6) is 0.448. The molecule has 2 heterocycles. The van der Waals surface area contributed by atoms with E-state index in [1.807, 2.05) is 91.9 Å². The van der Waals surface area contributed by atoms with Crippen molar-refractivity contribution in [3.63, 3.8) is 0 Å². The van der Waals surface area contributed by atoms with E-state index in [2.05, 4.69) is 17.1 Å². The quantitative estimate of drug-likeness (QED) is 0.450. The molecule has 0 saturated carbocycles. The maximum atomic E-state index is 13.6. The number of hydrogen-bond donors (Lipinski definition) is 1. The van der Waals surface area contributed by atoms with Gasteiger partial charge in [-0.2, -0.15) is 0 Å². The number of carbonyl (C=O) groups excluding carboxylic acids is 1. The number of nitrogens with two attached hydrogens (primary N) is 1. The second-order valence-corrected chi connectivity index (χ2v) is 8.31. The van der Waals surface area contributed by atoms with E-state index in [1.54, 1.807) is 11.1 Å². The monoisotopic (exact) mass is 435 g/mol. The van der Waals surface area contributed by atoms with E-state index in [0.717, 1.165) is 22.3 Å². The summed E-state index contributed by atoms with van der Waals surface area (Å²) in [5.41, 5.74) is 9.42. The Bertz CT molecular complexity index is 1220. The van der Waals surface area contributed by atoms with E-state index in [-0.39, 0.29) is 6.04 Å². The highest BCUT2D eigenvalue weighted by Crippen LogP contribution is 2.47. The molecule has 0 spiro atoms. The Kier molecular flexibility index (Phi) is 5.31. The van der Waals surface area contributed by atoms with Crippen molar-refractivity contribution in [3.05, 3.63) is 126 Å². The first-order valence-electron chi connectivity index (χ1n) is 11.0. The molecule has 164 valence electrons. The molecule has 5 rings (SSSR count). The van der Waals surface area contributed by atoms with Crippen LogP contribution in [0.2, 0.25) is 0 Å². The van der Waals surface area contributed by atoms with Crippen LogP contribution >= 0.6 is 0 Å². The van der Waals surface area contributed by atoms with Gasteiger partial charge in [0, 0.05) is 11.1 Å². The molecule has 1 fully saturated rings. The Balaban J connectivity index is 1.74. The number of nitrogen functional groups attached to an aromatic ring is 1. The van der Waals surface area contributed by atoms with Gasteiger partial charge in [-0.05, 0) is 30.5 Å². The molecule has 1 aliphatic heterocycles. The van der Waals surface area contributed by atoms with Gasteiger partial charge >= 0.3 is 6.09 Å². The summed E-state index contributed by atoms with van der Waals surface area (Å²) in [5, 5.41) is 0. The molecule has 5 heteroatoms. The van der Waals surface area contributed by atoms with Gasteiger partial charge in [0.2, 0.25) is 0 Å². The first-order chi connectivity index (χ1) is 16.1. The van der Waals surface area contributed by atoms with Crippen LogP contribution in [0, 0.1) is 6.92 Å². The summed E-state index contributed by atoms with van der Waals surface area (Å²) in [4.78, 5) is 19.6. The third-order valence-corrected chi connectivity index (χ3v) is 6.29. The van der Waals surface area contributed by atoms with Gasteiger partial charge in [-0.3, -0.25) is 4.90 Å². The number of rotatable bonds is 5. The molecule has 1 aliphatic rings. The second-order valence-electron chi connectivity index (χ2n) is 8.31. The minimum atomic E-state index is -0.995. The van der Waals surface area contributed by atoms with Crippen molar-refractivity contribution in [2.45, 2.75) is 25.0 Å². The molecule has 1 amide bonds. The Morgan fingerprint density at radius 1 is 0.909 bits per heavy atom. The molecule has 33 heavy (non-hydrogen) atoms. The largest absolute Gasteiger partial charge is 0.430 e. The molecule has 4 aromatic rings. The number of cyclic esters (lactones) is 1. The average Bonchev–Trinajstić information content (AvgIpc) is 3.15. The van der Waals surface area contributed by atoms with Gasteiger partial charge in [0.05, 0.1) is 17.9 Å². The molecule has 1 aromatic heterocycles. The van der Waals surface area contributed by atoms with Gasteiger partial charge in [0.1, 0.15) is 5.82 Å². The smallest absolute Gasteiger partial charge is 0.416 e. The number of ether oxygens (including phenoxy) is 1. The molecule has 1 atom stereocenters. The molecule has 0 aliphatic carbocycles. The van der Waals surface area contributed by atoms with Crippen molar-refractivity contribution in [1.29, 1.82) is 0 Å². The summed E-state index contributed by atoms with van der Waals surface area (Å²) in [7, 11) is 0. The normalized spacial score (nSPS) is 17.1. The zero-order chi connectivity index (χ0) is 22.8. The number of pyridine rings is 1. The highest BCUT2D eigenvalue weighted by atomic mass is 16.6. The molecule has 0 radical (unpaired) electrons. The number of carbonyl (C=O) groups is 1. The third kappa shape index (κ3) is 3.61. The lowest BCUT2D eigenvalue weighted by molar-refractivity contribution is 0.0684. The molecule has 1 saturated heterocycles. The maximum Gasteiger partial charge on any atom is 0.416 e. The standard InChI is InChI=1S/C28H25N3O2/c1-20-17-24(19-30-26(20)29)31-25(18-21-11-5-2-6-12-21)28(33-27(31)32,22-13-7-3-8-14-22)23-15-9-4-10-16-23/h2-17,19,25H,18H2,1H3,(H2,29,30)/t25-/m0/s1.